The summed E-state index contributed by atoms with van der Waals surface area (Å²) in [6, 6.07) is 16.0. The van der Waals surface area contributed by atoms with Crippen LogP contribution in [-0.2, 0) is 6.54 Å². The summed E-state index contributed by atoms with van der Waals surface area (Å²) in [5, 5.41) is 3.62. The number of rotatable bonds is 5. The second-order valence-corrected chi connectivity index (χ2v) is 6.36. The molecule has 0 aliphatic heterocycles. The molecule has 0 spiro atoms. The van der Waals surface area contributed by atoms with Gasteiger partial charge in [0.05, 0.1) is 0 Å². The van der Waals surface area contributed by atoms with Gasteiger partial charge in [-0.05, 0) is 48.9 Å². The molecule has 1 heteroatoms. The van der Waals surface area contributed by atoms with E-state index in [-0.39, 0.29) is 0 Å². The highest BCUT2D eigenvalue weighted by Gasteiger charge is 2.08. The van der Waals surface area contributed by atoms with Crippen molar-refractivity contribution in [3.05, 3.63) is 70.3 Å². The van der Waals surface area contributed by atoms with Gasteiger partial charge in [-0.3, -0.25) is 0 Å². The van der Waals surface area contributed by atoms with Crippen molar-refractivity contribution in [2.75, 3.05) is 0 Å². The summed E-state index contributed by atoms with van der Waals surface area (Å²) >= 11 is 0. The molecule has 112 valence electrons. The minimum Gasteiger partial charge on any atom is -0.306 e. The summed E-state index contributed by atoms with van der Waals surface area (Å²) in [4.78, 5) is 0. The third-order valence-corrected chi connectivity index (χ3v) is 4.15. The summed E-state index contributed by atoms with van der Waals surface area (Å²) in [7, 11) is 0. The zero-order chi connectivity index (χ0) is 15.4. The summed E-state index contributed by atoms with van der Waals surface area (Å²) in [5.41, 5.74) is 6.83. The molecule has 0 fully saturated rings. The standard InChI is InChI=1S/C20H27N/c1-14(2)19-9-7-18(8-10-19)13-21-17(5)20-11-6-15(3)12-16(20)4/h6-12,14,17,21H,13H2,1-5H3. The van der Waals surface area contributed by atoms with E-state index < -0.39 is 0 Å². The van der Waals surface area contributed by atoms with Crippen LogP contribution in [0.5, 0.6) is 0 Å². The number of hydrogen-bond donors (Lipinski definition) is 1. The molecule has 1 atom stereocenters. The summed E-state index contributed by atoms with van der Waals surface area (Å²) in [6.45, 7) is 11.9. The monoisotopic (exact) mass is 281 g/mol. The first kappa shape index (κ1) is 15.8. The Morgan fingerprint density at radius 2 is 1.57 bits per heavy atom. The van der Waals surface area contributed by atoms with Crippen molar-refractivity contribution >= 4 is 0 Å². The topological polar surface area (TPSA) is 12.0 Å². The lowest BCUT2D eigenvalue weighted by Crippen LogP contribution is -2.19. The number of nitrogens with one attached hydrogen (secondary N) is 1. The molecule has 0 saturated carbocycles. The maximum atomic E-state index is 3.62. The van der Waals surface area contributed by atoms with Crippen LogP contribution in [0.25, 0.3) is 0 Å². The van der Waals surface area contributed by atoms with Crippen molar-refractivity contribution in [1.82, 2.24) is 5.32 Å². The van der Waals surface area contributed by atoms with Crippen molar-refractivity contribution < 1.29 is 0 Å². The van der Waals surface area contributed by atoms with Crippen molar-refractivity contribution in [2.24, 2.45) is 0 Å². The molecule has 0 bridgehead atoms. The molecule has 2 rings (SSSR count). The molecular weight excluding hydrogens is 254 g/mol. The third kappa shape index (κ3) is 4.18. The van der Waals surface area contributed by atoms with Gasteiger partial charge in [-0.2, -0.15) is 0 Å². The van der Waals surface area contributed by atoms with Gasteiger partial charge in [0.2, 0.25) is 0 Å². The molecule has 1 nitrogen and oxygen atoms in total. The van der Waals surface area contributed by atoms with Gasteiger partial charge in [-0.1, -0.05) is 61.9 Å². The van der Waals surface area contributed by atoms with Crippen LogP contribution in [-0.4, -0.2) is 0 Å². The van der Waals surface area contributed by atoms with Gasteiger partial charge >= 0.3 is 0 Å². The normalized spacial score (nSPS) is 12.7. The molecule has 0 aliphatic carbocycles. The summed E-state index contributed by atoms with van der Waals surface area (Å²) in [6.07, 6.45) is 0. The van der Waals surface area contributed by atoms with Crippen LogP contribution >= 0.6 is 0 Å². The van der Waals surface area contributed by atoms with E-state index in [4.69, 9.17) is 0 Å². The Hall–Kier alpha value is -1.60. The lowest BCUT2D eigenvalue weighted by molar-refractivity contribution is 0.572. The molecule has 0 saturated heterocycles. The van der Waals surface area contributed by atoms with Crippen LogP contribution in [0.4, 0.5) is 0 Å². The predicted octanol–water partition coefficient (Wildman–Crippen LogP) is 5.28. The Morgan fingerprint density at radius 1 is 0.905 bits per heavy atom. The zero-order valence-electron chi connectivity index (χ0n) is 13.9. The van der Waals surface area contributed by atoms with Crippen LogP contribution in [0.15, 0.2) is 42.5 Å². The molecule has 2 aromatic carbocycles. The molecule has 21 heavy (non-hydrogen) atoms. The van der Waals surface area contributed by atoms with Crippen molar-refractivity contribution in [3.8, 4) is 0 Å². The Kier molecular flexibility index (Phi) is 5.19. The first-order valence-corrected chi connectivity index (χ1v) is 7.86. The van der Waals surface area contributed by atoms with Crippen LogP contribution in [0.1, 0.15) is 60.5 Å². The van der Waals surface area contributed by atoms with E-state index in [1.54, 1.807) is 0 Å². The summed E-state index contributed by atoms with van der Waals surface area (Å²) < 4.78 is 0. The van der Waals surface area contributed by atoms with Crippen LogP contribution < -0.4 is 5.32 Å². The van der Waals surface area contributed by atoms with Crippen molar-refractivity contribution in [2.45, 2.75) is 53.1 Å². The highest BCUT2D eigenvalue weighted by atomic mass is 14.9. The fourth-order valence-electron chi connectivity index (χ4n) is 2.71. The number of hydrogen-bond acceptors (Lipinski definition) is 1. The van der Waals surface area contributed by atoms with Gasteiger partial charge in [0.1, 0.15) is 0 Å². The summed E-state index contributed by atoms with van der Waals surface area (Å²) in [5.74, 6) is 0.598. The van der Waals surface area contributed by atoms with Gasteiger partial charge in [-0.15, -0.1) is 0 Å². The van der Waals surface area contributed by atoms with Gasteiger partial charge in [-0.25, -0.2) is 0 Å². The Bertz CT molecular complexity index is 581. The zero-order valence-corrected chi connectivity index (χ0v) is 13.9. The first-order valence-electron chi connectivity index (χ1n) is 7.86. The highest BCUT2D eigenvalue weighted by Crippen LogP contribution is 2.19. The van der Waals surface area contributed by atoms with Crippen LogP contribution in [0.3, 0.4) is 0 Å². The second kappa shape index (κ2) is 6.91. The van der Waals surface area contributed by atoms with E-state index in [0.717, 1.165) is 6.54 Å². The minimum absolute atomic E-state index is 0.371. The minimum atomic E-state index is 0.371. The first-order chi connectivity index (χ1) is 9.97. The Labute approximate surface area is 129 Å². The van der Waals surface area contributed by atoms with Gasteiger partial charge < -0.3 is 5.32 Å². The molecule has 2 aromatic rings. The van der Waals surface area contributed by atoms with Gasteiger partial charge in [0.25, 0.3) is 0 Å². The van der Waals surface area contributed by atoms with Crippen LogP contribution in [0.2, 0.25) is 0 Å². The SMILES string of the molecule is Cc1ccc(C(C)NCc2ccc(C(C)C)cc2)c(C)c1. The molecule has 1 unspecified atom stereocenters. The predicted molar refractivity (Wildman–Crippen MR) is 91.7 cm³/mol. The van der Waals surface area contributed by atoms with Crippen molar-refractivity contribution in [1.29, 1.82) is 0 Å². The lowest BCUT2D eigenvalue weighted by Gasteiger charge is -2.17. The van der Waals surface area contributed by atoms with E-state index in [1.165, 1.54) is 27.8 Å². The largest absolute Gasteiger partial charge is 0.306 e. The highest BCUT2D eigenvalue weighted by molar-refractivity contribution is 5.32. The van der Waals surface area contributed by atoms with E-state index in [1.807, 2.05) is 0 Å². The number of aryl methyl sites for hydroxylation is 2. The maximum Gasteiger partial charge on any atom is 0.0297 e. The van der Waals surface area contributed by atoms with E-state index >= 15 is 0 Å². The molecule has 0 aliphatic rings. The molecule has 0 aromatic heterocycles. The average molecular weight is 281 g/mol. The Morgan fingerprint density at radius 3 is 2.14 bits per heavy atom. The average Bonchev–Trinajstić information content (AvgIpc) is 2.45. The van der Waals surface area contributed by atoms with Crippen LogP contribution in [0, 0.1) is 13.8 Å². The molecule has 0 amide bonds. The molecular formula is C20H27N. The quantitative estimate of drug-likeness (QED) is 0.786. The second-order valence-electron chi connectivity index (χ2n) is 6.36. The van der Waals surface area contributed by atoms with Gasteiger partial charge in [0, 0.05) is 12.6 Å². The van der Waals surface area contributed by atoms with E-state index in [9.17, 15) is 0 Å². The van der Waals surface area contributed by atoms with Crippen molar-refractivity contribution in [3.63, 3.8) is 0 Å². The lowest BCUT2D eigenvalue weighted by atomic mass is 9.99. The van der Waals surface area contributed by atoms with E-state index in [0.29, 0.717) is 12.0 Å². The molecule has 1 N–H and O–H groups in total. The number of benzene rings is 2. The smallest absolute Gasteiger partial charge is 0.0297 e. The molecule has 0 heterocycles. The maximum absolute atomic E-state index is 3.62. The Balaban J connectivity index is 1.98. The third-order valence-electron chi connectivity index (χ3n) is 4.15. The molecule has 0 radical (unpaired) electrons. The fourth-order valence-corrected chi connectivity index (χ4v) is 2.71. The fraction of sp³-hybridized carbons (Fsp3) is 0.400. The van der Waals surface area contributed by atoms with E-state index in [2.05, 4.69) is 82.4 Å². The van der Waals surface area contributed by atoms with Gasteiger partial charge in [0.15, 0.2) is 0 Å².